The van der Waals surface area contributed by atoms with Gasteiger partial charge in [0.25, 0.3) is 0 Å². The molecule has 0 spiro atoms. The van der Waals surface area contributed by atoms with E-state index in [4.69, 9.17) is 27.9 Å². The Morgan fingerprint density at radius 2 is 1.65 bits per heavy atom. The predicted molar refractivity (Wildman–Crippen MR) is 135 cm³/mol. The van der Waals surface area contributed by atoms with Gasteiger partial charge in [-0.2, -0.15) is 0 Å². The van der Waals surface area contributed by atoms with Crippen molar-refractivity contribution in [2.75, 3.05) is 0 Å². The molecule has 0 bridgehead atoms. The summed E-state index contributed by atoms with van der Waals surface area (Å²) >= 11 is 12.7. The van der Waals surface area contributed by atoms with Crippen LogP contribution < -0.4 is 5.32 Å². The zero-order chi connectivity index (χ0) is 25.0. The molecule has 0 fully saturated rings. The van der Waals surface area contributed by atoms with Gasteiger partial charge in [-0.3, -0.25) is 0 Å². The van der Waals surface area contributed by atoms with E-state index >= 15 is 0 Å². The van der Waals surface area contributed by atoms with E-state index in [0.29, 0.717) is 23.4 Å². The average molecular weight is 502 g/mol. The standard InChI is InChI=1S/C27H29Cl2NO4/c1-15(2)21(14-13-18-9-6-5-7-10-18)34-27(33)23-17(4)30-16(3)22(26(31)32)24(23)19-11-8-12-20(28)25(19)29/h5-12,15,21,24,30H,13-14H2,1-4H3,(H,31,32). The first-order valence-corrected chi connectivity index (χ1v) is 12.0. The second-order valence-corrected chi connectivity index (χ2v) is 9.58. The number of carbonyl (C=O) groups excluding carboxylic acids is 1. The third-order valence-corrected chi connectivity index (χ3v) is 6.90. The first kappa shape index (κ1) is 25.9. The van der Waals surface area contributed by atoms with Crippen LogP contribution in [0.4, 0.5) is 0 Å². The molecule has 5 nitrogen and oxygen atoms in total. The number of aryl methyl sites for hydroxylation is 1. The highest BCUT2D eigenvalue weighted by Gasteiger charge is 2.39. The molecule has 0 aliphatic carbocycles. The van der Waals surface area contributed by atoms with Crippen molar-refractivity contribution in [2.24, 2.45) is 5.92 Å². The number of hydrogen-bond donors (Lipinski definition) is 2. The molecule has 0 saturated heterocycles. The van der Waals surface area contributed by atoms with Crippen molar-refractivity contribution in [2.45, 2.75) is 52.6 Å². The zero-order valence-electron chi connectivity index (χ0n) is 19.7. The predicted octanol–water partition coefficient (Wildman–Crippen LogP) is 6.51. The minimum atomic E-state index is -1.15. The van der Waals surface area contributed by atoms with Crippen LogP contribution in [-0.2, 0) is 20.7 Å². The lowest BCUT2D eigenvalue weighted by atomic mass is 9.80. The number of ether oxygens (including phenoxy) is 1. The van der Waals surface area contributed by atoms with Crippen LogP contribution in [0.3, 0.4) is 0 Å². The van der Waals surface area contributed by atoms with Gasteiger partial charge in [-0.1, -0.05) is 79.5 Å². The molecule has 3 rings (SSSR count). The van der Waals surface area contributed by atoms with Crippen molar-refractivity contribution in [1.82, 2.24) is 5.32 Å². The zero-order valence-corrected chi connectivity index (χ0v) is 21.2. The minimum absolute atomic E-state index is 0.0344. The third kappa shape index (κ3) is 5.65. The number of benzene rings is 2. The molecule has 2 unspecified atom stereocenters. The van der Waals surface area contributed by atoms with Crippen molar-refractivity contribution in [1.29, 1.82) is 0 Å². The smallest absolute Gasteiger partial charge is 0.337 e. The Labute approximate surface area is 210 Å². The molecular weight excluding hydrogens is 473 g/mol. The van der Waals surface area contributed by atoms with Crippen molar-refractivity contribution in [3.8, 4) is 0 Å². The lowest BCUT2D eigenvalue weighted by Gasteiger charge is -2.31. The molecule has 0 radical (unpaired) electrons. The van der Waals surface area contributed by atoms with Gasteiger partial charge >= 0.3 is 11.9 Å². The summed E-state index contributed by atoms with van der Waals surface area (Å²) in [7, 11) is 0. The number of carbonyl (C=O) groups is 2. The van der Waals surface area contributed by atoms with E-state index in [0.717, 1.165) is 12.0 Å². The largest absolute Gasteiger partial charge is 0.478 e. The van der Waals surface area contributed by atoms with Gasteiger partial charge in [0, 0.05) is 11.4 Å². The molecule has 2 aromatic carbocycles. The fourth-order valence-electron chi connectivity index (χ4n) is 4.29. The highest BCUT2D eigenvalue weighted by Crippen LogP contribution is 2.43. The van der Waals surface area contributed by atoms with Crippen LogP contribution in [0, 0.1) is 5.92 Å². The Hall–Kier alpha value is -2.76. The Bertz CT molecular complexity index is 1140. The van der Waals surface area contributed by atoms with E-state index in [1.807, 2.05) is 44.2 Å². The van der Waals surface area contributed by atoms with E-state index in [2.05, 4.69) is 5.32 Å². The van der Waals surface area contributed by atoms with Gasteiger partial charge < -0.3 is 15.2 Å². The monoisotopic (exact) mass is 501 g/mol. The lowest BCUT2D eigenvalue weighted by Crippen LogP contribution is -2.34. The molecule has 1 heterocycles. The number of nitrogens with one attached hydrogen (secondary N) is 1. The van der Waals surface area contributed by atoms with Crippen molar-refractivity contribution in [3.05, 3.63) is 92.2 Å². The third-order valence-electron chi connectivity index (χ3n) is 6.07. The molecule has 1 aliphatic heterocycles. The molecule has 0 amide bonds. The molecule has 34 heavy (non-hydrogen) atoms. The molecule has 1 aliphatic rings. The van der Waals surface area contributed by atoms with Gasteiger partial charge in [0.05, 0.1) is 27.1 Å². The maximum absolute atomic E-state index is 13.6. The van der Waals surface area contributed by atoms with Gasteiger partial charge in [-0.25, -0.2) is 9.59 Å². The van der Waals surface area contributed by atoms with Gasteiger partial charge in [0.15, 0.2) is 0 Å². The summed E-state index contributed by atoms with van der Waals surface area (Å²) < 4.78 is 6.00. The Morgan fingerprint density at radius 1 is 1.00 bits per heavy atom. The van der Waals surface area contributed by atoms with Crippen LogP contribution in [0.5, 0.6) is 0 Å². The van der Waals surface area contributed by atoms with Crippen molar-refractivity contribution in [3.63, 3.8) is 0 Å². The molecule has 7 heteroatoms. The van der Waals surface area contributed by atoms with E-state index in [-0.39, 0.29) is 33.2 Å². The summed E-state index contributed by atoms with van der Waals surface area (Å²) in [5.41, 5.74) is 2.83. The van der Waals surface area contributed by atoms with Crippen LogP contribution in [0.25, 0.3) is 0 Å². The Morgan fingerprint density at radius 3 is 2.26 bits per heavy atom. The van der Waals surface area contributed by atoms with Crippen LogP contribution in [0.15, 0.2) is 71.1 Å². The Balaban J connectivity index is 1.97. The average Bonchev–Trinajstić information content (AvgIpc) is 2.78. The molecule has 0 aromatic heterocycles. The first-order valence-electron chi connectivity index (χ1n) is 11.2. The number of aliphatic carboxylic acids is 1. The first-order chi connectivity index (χ1) is 16.1. The molecule has 2 atom stereocenters. The second kappa shape index (κ2) is 11.1. The number of carboxylic acids is 1. The Kier molecular flexibility index (Phi) is 8.45. The molecule has 2 N–H and O–H groups in total. The summed E-state index contributed by atoms with van der Waals surface area (Å²) in [4.78, 5) is 25.8. The lowest BCUT2D eigenvalue weighted by molar-refractivity contribution is -0.147. The molecule has 0 saturated carbocycles. The van der Waals surface area contributed by atoms with Crippen molar-refractivity contribution >= 4 is 35.1 Å². The number of allylic oxidation sites excluding steroid dienone is 2. The number of halogens is 2. The van der Waals surface area contributed by atoms with Gasteiger partial charge in [0.1, 0.15) is 6.10 Å². The fraction of sp³-hybridized carbons (Fsp3) is 0.333. The number of dihydropyridines is 1. The minimum Gasteiger partial charge on any atom is -0.478 e. The quantitative estimate of drug-likeness (QED) is 0.403. The molecular formula is C27H29Cl2NO4. The van der Waals surface area contributed by atoms with Crippen molar-refractivity contribution < 1.29 is 19.4 Å². The van der Waals surface area contributed by atoms with Crippen LogP contribution in [-0.4, -0.2) is 23.1 Å². The summed E-state index contributed by atoms with van der Waals surface area (Å²) in [5.74, 6) is -2.55. The van der Waals surface area contributed by atoms with Gasteiger partial charge in [0.2, 0.25) is 0 Å². The maximum atomic E-state index is 13.6. The van der Waals surface area contributed by atoms with Crippen LogP contribution in [0.1, 0.15) is 51.2 Å². The van der Waals surface area contributed by atoms with Gasteiger partial charge in [-0.05, 0) is 49.8 Å². The molecule has 2 aromatic rings. The van der Waals surface area contributed by atoms with E-state index in [1.165, 1.54) is 0 Å². The summed E-state index contributed by atoms with van der Waals surface area (Å²) in [6, 6.07) is 15.0. The number of rotatable bonds is 8. The SMILES string of the molecule is CC1=C(C(=O)O)C(c2cccc(Cl)c2Cl)C(C(=O)OC(CCc2ccccc2)C(C)C)=C(C)N1. The summed E-state index contributed by atoms with van der Waals surface area (Å²) in [6.07, 6.45) is 1.07. The molecule has 180 valence electrons. The second-order valence-electron chi connectivity index (χ2n) is 8.80. The number of carboxylic acid groups (broad SMARTS) is 1. The van der Waals surface area contributed by atoms with E-state index in [9.17, 15) is 14.7 Å². The summed E-state index contributed by atoms with van der Waals surface area (Å²) in [6.45, 7) is 7.40. The highest BCUT2D eigenvalue weighted by molar-refractivity contribution is 6.42. The van der Waals surface area contributed by atoms with Gasteiger partial charge in [-0.15, -0.1) is 0 Å². The fourth-order valence-corrected chi connectivity index (χ4v) is 4.70. The van der Waals surface area contributed by atoms with E-state index < -0.39 is 17.9 Å². The number of esters is 1. The topological polar surface area (TPSA) is 75.6 Å². The number of hydrogen-bond acceptors (Lipinski definition) is 4. The highest BCUT2D eigenvalue weighted by atomic mass is 35.5. The normalized spacial score (nSPS) is 17.0. The van der Waals surface area contributed by atoms with Crippen LogP contribution in [0.2, 0.25) is 10.0 Å². The summed E-state index contributed by atoms with van der Waals surface area (Å²) in [5, 5.41) is 13.6. The van der Waals surface area contributed by atoms with E-state index in [1.54, 1.807) is 32.0 Å². The van der Waals surface area contributed by atoms with Crippen LogP contribution >= 0.6 is 23.2 Å². The maximum Gasteiger partial charge on any atom is 0.337 e.